The van der Waals surface area contributed by atoms with Crippen LogP contribution < -0.4 is 5.32 Å². The van der Waals surface area contributed by atoms with Crippen LogP contribution >= 0.6 is 0 Å². The maximum Gasteiger partial charge on any atom is 0.178 e. The molecule has 102 valence electrons. The van der Waals surface area contributed by atoms with Crippen molar-refractivity contribution in [1.82, 2.24) is 9.97 Å². The van der Waals surface area contributed by atoms with E-state index >= 15 is 0 Å². The maximum absolute atomic E-state index is 11.7. The molecule has 0 aliphatic heterocycles. The van der Waals surface area contributed by atoms with E-state index in [0.717, 1.165) is 24.3 Å². The Bertz CT molecular complexity index is 604. The number of rotatable bonds is 6. The van der Waals surface area contributed by atoms with Crippen LogP contribution in [-0.4, -0.2) is 30.7 Å². The third kappa shape index (κ3) is 3.57. The number of nitrogens with zero attached hydrogens (tertiary/aromatic N) is 1. The van der Waals surface area contributed by atoms with Crippen molar-refractivity contribution in [2.45, 2.75) is 18.2 Å². The molecular formula is C13H17N3O2S. The average Bonchev–Trinajstić information content (AvgIpc) is 2.92. The van der Waals surface area contributed by atoms with Crippen LogP contribution in [0.3, 0.4) is 0 Å². The summed E-state index contributed by atoms with van der Waals surface area (Å²) >= 11 is 0. The number of imidazole rings is 1. The lowest BCUT2D eigenvalue weighted by Gasteiger charge is -2.07. The Labute approximate surface area is 113 Å². The van der Waals surface area contributed by atoms with E-state index in [1.54, 1.807) is 43.7 Å². The number of aromatic amines is 1. The van der Waals surface area contributed by atoms with E-state index in [1.165, 1.54) is 0 Å². The molecule has 0 saturated heterocycles. The van der Waals surface area contributed by atoms with Gasteiger partial charge in [0.1, 0.15) is 0 Å². The van der Waals surface area contributed by atoms with Crippen LogP contribution in [0.2, 0.25) is 0 Å². The van der Waals surface area contributed by atoms with Crippen molar-refractivity contribution in [1.29, 1.82) is 0 Å². The Balaban J connectivity index is 1.92. The van der Waals surface area contributed by atoms with E-state index in [9.17, 15) is 8.42 Å². The zero-order valence-corrected chi connectivity index (χ0v) is 11.6. The van der Waals surface area contributed by atoms with Gasteiger partial charge in [-0.05, 0) is 24.3 Å². The summed E-state index contributed by atoms with van der Waals surface area (Å²) in [6, 6.07) is 6.85. The van der Waals surface area contributed by atoms with Crippen molar-refractivity contribution in [3.63, 3.8) is 0 Å². The number of anilines is 1. The minimum absolute atomic E-state index is 0.125. The first-order valence-corrected chi connectivity index (χ1v) is 7.81. The summed E-state index contributed by atoms with van der Waals surface area (Å²) in [5.41, 5.74) is 1.98. The van der Waals surface area contributed by atoms with Gasteiger partial charge in [0, 0.05) is 30.5 Å². The highest BCUT2D eigenvalue weighted by Crippen LogP contribution is 2.15. The van der Waals surface area contributed by atoms with E-state index in [4.69, 9.17) is 0 Å². The predicted molar refractivity (Wildman–Crippen MR) is 75.0 cm³/mol. The Kier molecular flexibility index (Phi) is 4.21. The second-order valence-electron chi connectivity index (χ2n) is 4.18. The lowest BCUT2D eigenvalue weighted by molar-refractivity contribution is 0.597. The summed E-state index contributed by atoms with van der Waals surface area (Å²) in [4.78, 5) is 7.34. The lowest BCUT2D eigenvalue weighted by atomic mass is 10.3. The molecule has 0 bridgehead atoms. The predicted octanol–water partition coefficient (Wildman–Crippen LogP) is 1.86. The number of sulfone groups is 1. The van der Waals surface area contributed by atoms with Crippen molar-refractivity contribution in [2.24, 2.45) is 0 Å². The van der Waals surface area contributed by atoms with Gasteiger partial charge in [-0.25, -0.2) is 13.4 Å². The van der Waals surface area contributed by atoms with E-state index in [2.05, 4.69) is 15.3 Å². The van der Waals surface area contributed by atoms with Gasteiger partial charge in [0.05, 0.1) is 17.0 Å². The number of hydrogen-bond acceptors (Lipinski definition) is 4. The molecule has 0 atom stereocenters. The molecule has 2 aromatic rings. The summed E-state index contributed by atoms with van der Waals surface area (Å²) in [7, 11) is -3.11. The first-order chi connectivity index (χ1) is 9.12. The summed E-state index contributed by atoms with van der Waals surface area (Å²) in [5, 5.41) is 3.24. The SMILES string of the molecule is CCS(=O)(=O)c1ccc(NCCc2cnc[nH]2)cc1. The third-order valence-electron chi connectivity index (χ3n) is 2.87. The largest absolute Gasteiger partial charge is 0.385 e. The van der Waals surface area contributed by atoms with E-state index < -0.39 is 9.84 Å². The highest BCUT2D eigenvalue weighted by Gasteiger charge is 2.10. The molecule has 2 rings (SSSR count). The topological polar surface area (TPSA) is 74.8 Å². The van der Waals surface area contributed by atoms with Gasteiger partial charge >= 0.3 is 0 Å². The summed E-state index contributed by atoms with van der Waals surface area (Å²) in [6.45, 7) is 2.41. The second kappa shape index (κ2) is 5.88. The van der Waals surface area contributed by atoms with E-state index in [0.29, 0.717) is 4.90 Å². The molecule has 6 heteroatoms. The molecule has 0 amide bonds. The first kappa shape index (κ1) is 13.6. The minimum atomic E-state index is -3.11. The number of hydrogen-bond donors (Lipinski definition) is 2. The van der Waals surface area contributed by atoms with Crippen molar-refractivity contribution in [3.05, 3.63) is 42.5 Å². The van der Waals surface area contributed by atoms with Crippen LogP contribution in [0.15, 0.2) is 41.7 Å². The molecule has 1 aromatic carbocycles. The monoisotopic (exact) mass is 279 g/mol. The Hall–Kier alpha value is -1.82. The third-order valence-corrected chi connectivity index (χ3v) is 4.62. The van der Waals surface area contributed by atoms with Crippen LogP contribution in [0.4, 0.5) is 5.69 Å². The van der Waals surface area contributed by atoms with Crippen molar-refractivity contribution in [3.8, 4) is 0 Å². The summed E-state index contributed by atoms with van der Waals surface area (Å²) < 4.78 is 23.3. The van der Waals surface area contributed by atoms with Gasteiger partial charge in [0.25, 0.3) is 0 Å². The first-order valence-electron chi connectivity index (χ1n) is 6.16. The van der Waals surface area contributed by atoms with Crippen molar-refractivity contribution in [2.75, 3.05) is 17.6 Å². The van der Waals surface area contributed by atoms with Gasteiger partial charge in [-0.1, -0.05) is 6.92 Å². The Morgan fingerprint density at radius 2 is 2.00 bits per heavy atom. The number of aromatic nitrogens is 2. The van der Waals surface area contributed by atoms with Crippen molar-refractivity contribution >= 4 is 15.5 Å². The van der Waals surface area contributed by atoms with Crippen LogP contribution in [0.25, 0.3) is 0 Å². The van der Waals surface area contributed by atoms with Gasteiger partial charge in [-0.2, -0.15) is 0 Å². The normalized spacial score (nSPS) is 11.4. The molecule has 0 aliphatic rings. The molecule has 0 unspecified atom stereocenters. The number of H-pyrrole nitrogens is 1. The minimum Gasteiger partial charge on any atom is -0.385 e. The molecule has 0 saturated carbocycles. The molecule has 19 heavy (non-hydrogen) atoms. The van der Waals surface area contributed by atoms with Crippen LogP contribution in [0, 0.1) is 0 Å². The van der Waals surface area contributed by atoms with E-state index in [1.807, 2.05) is 0 Å². The fraction of sp³-hybridized carbons (Fsp3) is 0.308. The van der Waals surface area contributed by atoms with Gasteiger partial charge < -0.3 is 10.3 Å². The summed E-state index contributed by atoms with van der Waals surface area (Å²) in [6.07, 6.45) is 4.29. The van der Waals surface area contributed by atoms with Gasteiger partial charge in [-0.15, -0.1) is 0 Å². The molecule has 0 aliphatic carbocycles. The average molecular weight is 279 g/mol. The standard InChI is InChI=1S/C13H17N3O2S/c1-2-19(17,18)13-5-3-11(4-6-13)15-8-7-12-9-14-10-16-12/h3-6,9-10,15H,2,7-8H2,1H3,(H,14,16). The smallest absolute Gasteiger partial charge is 0.178 e. The van der Waals surface area contributed by atoms with E-state index in [-0.39, 0.29) is 5.75 Å². The molecular weight excluding hydrogens is 262 g/mol. The lowest BCUT2D eigenvalue weighted by Crippen LogP contribution is -2.06. The van der Waals surface area contributed by atoms with Gasteiger partial charge in [-0.3, -0.25) is 0 Å². The van der Waals surface area contributed by atoms with Crippen LogP contribution in [0.1, 0.15) is 12.6 Å². The van der Waals surface area contributed by atoms with Gasteiger partial charge in [0.15, 0.2) is 9.84 Å². The molecule has 0 radical (unpaired) electrons. The quantitative estimate of drug-likeness (QED) is 0.846. The van der Waals surface area contributed by atoms with Crippen LogP contribution in [0.5, 0.6) is 0 Å². The number of nitrogens with one attached hydrogen (secondary N) is 2. The second-order valence-corrected chi connectivity index (χ2v) is 6.46. The Morgan fingerprint density at radius 3 is 2.58 bits per heavy atom. The fourth-order valence-corrected chi connectivity index (χ4v) is 2.59. The zero-order chi connectivity index (χ0) is 13.7. The molecule has 2 N–H and O–H groups in total. The maximum atomic E-state index is 11.7. The highest BCUT2D eigenvalue weighted by molar-refractivity contribution is 7.91. The van der Waals surface area contributed by atoms with Crippen LogP contribution in [-0.2, 0) is 16.3 Å². The highest BCUT2D eigenvalue weighted by atomic mass is 32.2. The van der Waals surface area contributed by atoms with Crippen molar-refractivity contribution < 1.29 is 8.42 Å². The molecule has 0 spiro atoms. The zero-order valence-electron chi connectivity index (χ0n) is 10.8. The summed E-state index contributed by atoms with van der Waals surface area (Å²) in [5.74, 6) is 0.125. The number of benzene rings is 1. The fourth-order valence-electron chi connectivity index (χ4n) is 1.71. The van der Waals surface area contributed by atoms with Gasteiger partial charge in [0.2, 0.25) is 0 Å². The molecule has 0 fully saturated rings. The molecule has 1 heterocycles. The Morgan fingerprint density at radius 1 is 1.26 bits per heavy atom. The molecule has 1 aromatic heterocycles. The molecule has 5 nitrogen and oxygen atoms in total.